The number of fused-ring (bicyclic) bond motifs is 1. The molecule has 0 atom stereocenters. The summed E-state index contributed by atoms with van der Waals surface area (Å²) in [4.78, 5) is 27.9. The monoisotopic (exact) mass is 288 g/mol. The standard InChI is InChI=1S/C13H12N4O2S/c18-12-5-8(9-3-1-2-4-10(9)14-12)6-20-7-11-15-13(19)17-16-11/h1-5H,6-7H2,(H,14,18)(H2,15,16,17,19). The Kier molecular flexibility index (Phi) is 3.42. The Morgan fingerprint density at radius 1 is 1.10 bits per heavy atom. The van der Waals surface area contributed by atoms with Gasteiger partial charge in [0.25, 0.3) is 0 Å². The van der Waals surface area contributed by atoms with Crippen LogP contribution in [0.15, 0.2) is 39.9 Å². The van der Waals surface area contributed by atoms with Gasteiger partial charge in [-0.25, -0.2) is 9.89 Å². The molecule has 0 radical (unpaired) electrons. The van der Waals surface area contributed by atoms with E-state index in [0.29, 0.717) is 17.3 Å². The van der Waals surface area contributed by atoms with Crippen molar-refractivity contribution in [3.05, 3.63) is 62.6 Å². The van der Waals surface area contributed by atoms with Crippen molar-refractivity contribution >= 4 is 22.7 Å². The third-order valence-electron chi connectivity index (χ3n) is 2.88. The lowest BCUT2D eigenvalue weighted by Crippen LogP contribution is -2.06. The molecule has 0 unspecified atom stereocenters. The zero-order valence-corrected chi connectivity index (χ0v) is 11.3. The molecular weight excluding hydrogens is 276 g/mol. The van der Waals surface area contributed by atoms with Gasteiger partial charge in [-0.3, -0.25) is 9.78 Å². The molecule has 6 nitrogen and oxygen atoms in total. The first kappa shape index (κ1) is 12.7. The second-order valence-corrected chi connectivity index (χ2v) is 5.31. The second kappa shape index (κ2) is 5.38. The van der Waals surface area contributed by atoms with Gasteiger partial charge in [0.15, 0.2) is 0 Å². The normalized spacial score (nSPS) is 11.0. The quantitative estimate of drug-likeness (QED) is 0.676. The molecule has 0 aliphatic heterocycles. The van der Waals surface area contributed by atoms with Crippen molar-refractivity contribution in [1.29, 1.82) is 0 Å². The molecule has 0 spiro atoms. The number of rotatable bonds is 4. The van der Waals surface area contributed by atoms with Crippen molar-refractivity contribution in [3.8, 4) is 0 Å². The summed E-state index contributed by atoms with van der Waals surface area (Å²) in [7, 11) is 0. The van der Waals surface area contributed by atoms with Crippen LogP contribution in [0.5, 0.6) is 0 Å². The van der Waals surface area contributed by atoms with Crippen LogP contribution < -0.4 is 11.2 Å². The summed E-state index contributed by atoms with van der Waals surface area (Å²) in [5.41, 5.74) is 1.41. The van der Waals surface area contributed by atoms with Crippen molar-refractivity contribution in [3.63, 3.8) is 0 Å². The number of thioether (sulfide) groups is 1. The molecule has 3 rings (SSSR count). The van der Waals surface area contributed by atoms with Crippen LogP contribution in [-0.2, 0) is 11.5 Å². The smallest absolute Gasteiger partial charge is 0.322 e. The summed E-state index contributed by atoms with van der Waals surface area (Å²) in [5, 5.41) is 7.21. The van der Waals surface area contributed by atoms with Crippen molar-refractivity contribution in [2.45, 2.75) is 11.5 Å². The Hall–Kier alpha value is -2.28. The molecule has 0 fully saturated rings. The van der Waals surface area contributed by atoms with E-state index in [1.54, 1.807) is 17.8 Å². The maximum Gasteiger partial charge on any atom is 0.340 e. The van der Waals surface area contributed by atoms with E-state index in [2.05, 4.69) is 20.2 Å². The molecule has 2 heterocycles. The van der Waals surface area contributed by atoms with Crippen LogP contribution in [0, 0.1) is 0 Å². The van der Waals surface area contributed by atoms with E-state index in [9.17, 15) is 9.59 Å². The summed E-state index contributed by atoms with van der Waals surface area (Å²) in [6, 6.07) is 9.32. The fraction of sp³-hybridized carbons (Fsp3) is 0.154. The lowest BCUT2D eigenvalue weighted by molar-refractivity contribution is 1.01. The van der Waals surface area contributed by atoms with Gasteiger partial charge >= 0.3 is 5.69 Å². The molecule has 20 heavy (non-hydrogen) atoms. The average molecular weight is 288 g/mol. The summed E-state index contributed by atoms with van der Waals surface area (Å²) in [6.45, 7) is 0. The third kappa shape index (κ3) is 2.67. The first-order chi connectivity index (χ1) is 9.72. The van der Waals surface area contributed by atoms with Crippen molar-refractivity contribution in [1.82, 2.24) is 20.2 Å². The maximum atomic E-state index is 11.6. The zero-order chi connectivity index (χ0) is 13.9. The number of aromatic nitrogens is 4. The molecule has 3 aromatic rings. The van der Waals surface area contributed by atoms with E-state index in [-0.39, 0.29) is 11.2 Å². The SMILES string of the molecule is O=c1cc(CSCc2n[nH]c(=O)[nH]2)c2ccccc2[nH]1. The predicted molar refractivity (Wildman–Crippen MR) is 78.8 cm³/mol. The first-order valence-corrected chi connectivity index (χ1v) is 7.20. The van der Waals surface area contributed by atoms with E-state index in [0.717, 1.165) is 16.5 Å². The maximum absolute atomic E-state index is 11.6. The van der Waals surface area contributed by atoms with Crippen LogP contribution >= 0.6 is 11.8 Å². The first-order valence-electron chi connectivity index (χ1n) is 6.04. The molecule has 7 heteroatoms. The van der Waals surface area contributed by atoms with Gasteiger partial charge in [0, 0.05) is 22.7 Å². The van der Waals surface area contributed by atoms with Crippen LogP contribution in [0.25, 0.3) is 10.9 Å². The lowest BCUT2D eigenvalue weighted by atomic mass is 10.1. The van der Waals surface area contributed by atoms with E-state index in [4.69, 9.17) is 0 Å². The second-order valence-electron chi connectivity index (χ2n) is 4.32. The van der Waals surface area contributed by atoms with Crippen LogP contribution in [0.1, 0.15) is 11.4 Å². The number of nitrogens with zero attached hydrogens (tertiary/aromatic N) is 1. The summed E-state index contributed by atoms with van der Waals surface area (Å²) in [5.74, 6) is 1.87. The fourth-order valence-electron chi connectivity index (χ4n) is 2.03. The van der Waals surface area contributed by atoms with E-state index >= 15 is 0 Å². The highest BCUT2D eigenvalue weighted by molar-refractivity contribution is 7.97. The number of pyridine rings is 1. The van der Waals surface area contributed by atoms with Crippen LogP contribution in [0.3, 0.4) is 0 Å². The van der Waals surface area contributed by atoms with Crippen molar-refractivity contribution < 1.29 is 0 Å². The predicted octanol–water partition coefficient (Wildman–Crippen LogP) is 1.37. The number of aromatic amines is 3. The Balaban J connectivity index is 1.80. The summed E-state index contributed by atoms with van der Waals surface area (Å²) < 4.78 is 0. The van der Waals surface area contributed by atoms with E-state index < -0.39 is 0 Å². The Morgan fingerprint density at radius 2 is 1.95 bits per heavy atom. The average Bonchev–Trinajstić information content (AvgIpc) is 2.84. The topological polar surface area (TPSA) is 94.4 Å². The van der Waals surface area contributed by atoms with Gasteiger partial charge in [0.1, 0.15) is 5.82 Å². The molecule has 0 saturated heterocycles. The molecule has 0 saturated carbocycles. The number of nitrogens with one attached hydrogen (secondary N) is 3. The highest BCUT2D eigenvalue weighted by Crippen LogP contribution is 2.21. The number of benzene rings is 1. The Morgan fingerprint density at radius 3 is 2.75 bits per heavy atom. The van der Waals surface area contributed by atoms with Crippen molar-refractivity contribution in [2.24, 2.45) is 0 Å². The zero-order valence-electron chi connectivity index (χ0n) is 10.5. The molecule has 3 N–H and O–H groups in total. The minimum absolute atomic E-state index is 0.104. The minimum Gasteiger partial charge on any atom is -0.322 e. The molecule has 2 aromatic heterocycles. The summed E-state index contributed by atoms with van der Waals surface area (Å²) in [6.07, 6.45) is 0. The molecule has 0 bridgehead atoms. The Bertz CT molecular complexity index is 849. The third-order valence-corrected chi connectivity index (χ3v) is 3.88. The van der Waals surface area contributed by atoms with E-state index in [1.807, 2.05) is 24.3 Å². The molecule has 0 amide bonds. The molecule has 0 aliphatic carbocycles. The van der Waals surface area contributed by atoms with Gasteiger partial charge in [-0.2, -0.15) is 5.10 Å². The largest absolute Gasteiger partial charge is 0.340 e. The molecular formula is C13H12N4O2S. The van der Waals surface area contributed by atoms with Gasteiger partial charge in [-0.15, -0.1) is 11.8 Å². The van der Waals surface area contributed by atoms with Gasteiger partial charge in [-0.1, -0.05) is 18.2 Å². The number of H-pyrrole nitrogens is 3. The summed E-state index contributed by atoms with van der Waals surface area (Å²) >= 11 is 1.59. The molecule has 102 valence electrons. The number of hydrogen-bond acceptors (Lipinski definition) is 4. The van der Waals surface area contributed by atoms with Crippen LogP contribution in [-0.4, -0.2) is 20.2 Å². The highest BCUT2D eigenvalue weighted by Gasteiger charge is 2.04. The highest BCUT2D eigenvalue weighted by atomic mass is 32.2. The van der Waals surface area contributed by atoms with Crippen molar-refractivity contribution in [2.75, 3.05) is 0 Å². The van der Waals surface area contributed by atoms with Crippen LogP contribution in [0.4, 0.5) is 0 Å². The van der Waals surface area contributed by atoms with Crippen LogP contribution in [0.2, 0.25) is 0 Å². The number of hydrogen-bond donors (Lipinski definition) is 3. The number of para-hydroxylation sites is 1. The van der Waals surface area contributed by atoms with Gasteiger partial charge in [0.2, 0.25) is 5.56 Å². The van der Waals surface area contributed by atoms with Gasteiger partial charge in [0.05, 0.1) is 5.75 Å². The minimum atomic E-state index is -0.304. The lowest BCUT2D eigenvalue weighted by Gasteiger charge is -2.05. The fourth-order valence-corrected chi connectivity index (χ4v) is 2.92. The molecule has 0 aliphatic rings. The molecule has 1 aromatic carbocycles. The Labute approximate surface area is 117 Å². The van der Waals surface area contributed by atoms with E-state index in [1.165, 1.54) is 0 Å². The van der Waals surface area contributed by atoms with Gasteiger partial charge in [-0.05, 0) is 11.6 Å². The van der Waals surface area contributed by atoms with Gasteiger partial charge < -0.3 is 4.98 Å².